The molecule has 15 heavy (non-hydrogen) atoms. The minimum absolute atomic E-state index is 0.822. The van der Waals surface area contributed by atoms with Crippen molar-refractivity contribution in [3.63, 3.8) is 0 Å². The average molecular weight is 222 g/mol. The summed E-state index contributed by atoms with van der Waals surface area (Å²) in [6.07, 6.45) is 0. The molecule has 0 heterocycles. The largest absolute Gasteiger partial charge is 0.497 e. The number of anilines is 1. The zero-order valence-corrected chi connectivity index (χ0v) is 9.75. The summed E-state index contributed by atoms with van der Waals surface area (Å²) >= 11 is 1.44. The Hall–Kier alpha value is -1.42. The molecule has 0 saturated carbocycles. The van der Waals surface area contributed by atoms with E-state index in [1.54, 1.807) is 11.5 Å². The lowest BCUT2D eigenvalue weighted by molar-refractivity contribution is 0.415. The van der Waals surface area contributed by atoms with Gasteiger partial charge >= 0.3 is 0 Å². The third kappa shape index (κ3) is 3.32. The van der Waals surface area contributed by atoms with Crippen molar-refractivity contribution in [1.29, 1.82) is 0 Å². The lowest BCUT2D eigenvalue weighted by Crippen LogP contribution is -2.04. The molecule has 0 amide bonds. The Kier molecular flexibility index (Phi) is 4.24. The van der Waals surface area contributed by atoms with E-state index in [0.29, 0.717) is 0 Å². The average Bonchev–Trinajstić information content (AvgIpc) is 2.26. The van der Waals surface area contributed by atoms with E-state index >= 15 is 0 Å². The molecule has 0 aliphatic carbocycles. The van der Waals surface area contributed by atoms with Crippen molar-refractivity contribution in [2.24, 2.45) is 5.10 Å². The fourth-order valence-electron chi connectivity index (χ4n) is 1.02. The van der Waals surface area contributed by atoms with Gasteiger partial charge in [-0.1, -0.05) is 6.58 Å². The molecular weight excluding hydrogens is 208 g/mol. The number of benzene rings is 1. The van der Waals surface area contributed by atoms with Gasteiger partial charge < -0.3 is 4.74 Å². The summed E-state index contributed by atoms with van der Waals surface area (Å²) in [4.78, 5) is 0.957. The second-order valence-electron chi connectivity index (χ2n) is 2.91. The van der Waals surface area contributed by atoms with E-state index in [1.165, 1.54) is 11.9 Å². The highest BCUT2D eigenvalue weighted by Crippen LogP contribution is 2.28. The Morgan fingerprint density at radius 3 is 2.40 bits per heavy atom. The Morgan fingerprint density at radius 1 is 1.40 bits per heavy atom. The Balaban J connectivity index is 2.82. The van der Waals surface area contributed by atoms with Crippen LogP contribution in [0.25, 0.3) is 0 Å². The van der Waals surface area contributed by atoms with Crippen molar-refractivity contribution in [1.82, 2.24) is 0 Å². The van der Waals surface area contributed by atoms with Crippen LogP contribution in [-0.2, 0) is 0 Å². The molecule has 0 aliphatic heterocycles. The van der Waals surface area contributed by atoms with E-state index in [-0.39, 0.29) is 0 Å². The molecule has 4 heteroatoms. The van der Waals surface area contributed by atoms with E-state index in [4.69, 9.17) is 4.74 Å². The first-order valence-corrected chi connectivity index (χ1v) is 5.19. The molecule has 0 radical (unpaired) electrons. The molecule has 0 aromatic heterocycles. The number of methoxy groups -OCH3 is 1. The van der Waals surface area contributed by atoms with Crippen molar-refractivity contribution >= 4 is 24.4 Å². The zero-order valence-electron chi connectivity index (χ0n) is 8.93. The lowest BCUT2D eigenvalue weighted by Gasteiger charge is -2.16. The van der Waals surface area contributed by atoms with Crippen molar-refractivity contribution in [3.05, 3.63) is 35.7 Å². The molecule has 1 rings (SSSR count). The second kappa shape index (κ2) is 5.46. The standard InChI is InChI=1S/C11H14N2OS/c1-9(2)15-13(12-3)10-5-7-11(14-4)8-6-10/h5-8H,1,3H2,2,4H3. The van der Waals surface area contributed by atoms with Gasteiger partial charge in [-0.15, -0.1) is 0 Å². The van der Waals surface area contributed by atoms with E-state index in [0.717, 1.165) is 16.3 Å². The van der Waals surface area contributed by atoms with Gasteiger partial charge in [-0.3, -0.25) is 0 Å². The number of nitrogens with zero attached hydrogens (tertiary/aromatic N) is 2. The van der Waals surface area contributed by atoms with Gasteiger partial charge in [-0.2, -0.15) is 5.10 Å². The summed E-state index contributed by atoms with van der Waals surface area (Å²) in [5.74, 6) is 0.822. The molecule has 0 spiro atoms. The van der Waals surface area contributed by atoms with Crippen LogP contribution in [0.4, 0.5) is 5.69 Å². The SMILES string of the molecule is C=NN(SC(=C)C)c1ccc(OC)cc1. The van der Waals surface area contributed by atoms with Gasteiger partial charge in [-0.25, -0.2) is 4.41 Å². The normalized spacial score (nSPS) is 9.47. The predicted molar refractivity (Wildman–Crippen MR) is 67.4 cm³/mol. The summed E-state index contributed by atoms with van der Waals surface area (Å²) in [5, 5.41) is 3.90. The van der Waals surface area contributed by atoms with Gasteiger partial charge in [0.1, 0.15) is 5.75 Å². The van der Waals surface area contributed by atoms with Gasteiger partial charge in [0, 0.05) is 18.7 Å². The van der Waals surface area contributed by atoms with Gasteiger partial charge in [0.15, 0.2) is 0 Å². The number of ether oxygens (including phenoxy) is 1. The van der Waals surface area contributed by atoms with Crippen LogP contribution in [0.5, 0.6) is 5.75 Å². The Bertz CT molecular complexity index is 348. The second-order valence-corrected chi connectivity index (χ2v) is 4.13. The van der Waals surface area contributed by atoms with Gasteiger partial charge in [0.05, 0.1) is 12.8 Å². The van der Waals surface area contributed by atoms with Gasteiger partial charge in [0.25, 0.3) is 0 Å². The predicted octanol–water partition coefficient (Wildman–Crippen LogP) is 3.30. The van der Waals surface area contributed by atoms with Crippen molar-refractivity contribution < 1.29 is 4.74 Å². The van der Waals surface area contributed by atoms with E-state index in [9.17, 15) is 0 Å². The third-order valence-corrected chi connectivity index (χ3v) is 2.47. The minimum atomic E-state index is 0.822. The number of rotatable bonds is 5. The molecule has 0 aliphatic rings. The highest BCUT2D eigenvalue weighted by molar-refractivity contribution is 8.04. The van der Waals surface area contributed by atoms with Crippen LogP contribution < -0.4 is 9.15 Å². The first kappa shape index (κ1) is 11.7. The monoisotopic (exact) mass is 222 g/mol. The maximum atomic E-state index is 5.07. The van der Waals surface area contributed by atoms with Crippen LogP contribution in [0.3, 0.4) is 0 Å². The van der Waals surface area contributed by atoms with Crippen LogP contribution in [0.1, 0.15) is 6.92 Å². The Labute approximate surface area is 94.6 Å². The molecule has 3 nitrogen and oxygen atoms in total. The topological polar surface area (TPSA) is 24.8 Å². The quantitative estimate of drug-likeness (QED) is 0.434. The van der Waals surface area contributed by atoms with Crippen LogP contribution in [0, 0.1) is 0 Å². The molecule has 80 valence electrons. The van der Waals surface area contributed by atoms with Crippen LogP contribution in [-0.4, -0.2) is 13.8 Å². The first-order valence-electron chi connectivity index (χ1n) is 4.41. The minimum Gasteiger partial charge on any atom is -0.497 e. The van der Waals surface area contributed by atoms with E-state index in [1.807, 2.05) is 31.2 Å². The molecule has 1 aromatic rings. The van der Waals surface area contributed by atoms with Crippen LogP contribution in [0.15, 0.2) is 40.9 Å². The van der Waals surface area contributed by atoms with Crippen LogP contribution >= 0.6 is 11.9 Å². The van der Waals surface area contributed by atoms with Crippen LogP contribution in [0.2, 0.25) is 0 Å². The molecular formula is C11H14N2OS. The summed E-state index contributed by atoms with van der Waals surface area (Å²) in [6.45, 7) is 9.25. The summed E-state index contributed by atoms with van der Waals surface area (Å²) in [5.41, 5.74) is 0.943. The maximum absolute atomic E-state index is 5.07. The molecule has 0 N–H and O–H groups in total. The third-order valence-electron chi connectivity index (χ3n) is 1.66. The number of hydrogen-bond acceptors (Lipinski definition) is 4. The molecule has 0 saturated heterocycles. The summed E-state index contributed by atoms with van der Waals surface area (Å²) in [6, 6.07) is 7.60. The number of hydrazone groups is 1. The van der Waals surface area contributed by atoms with Crippen molar-refractivity contribution in [2.75, 3.05) is 11.5 Å². The smallest absolute Gasteiger partial charge is 0.119 e. The fourth-order valence-corrected chi connectivity index (χ4v) is 1.60. The molecule has 0 fully saturated rings. The van der Waals surface area contributed by atoms with Gasteiger partial charge in [-0.05, 0) is 36.1 Å². The van der Waals surface area contributed by atoms with Crippen molar-refractivity contribution in [3.8, 4) is 5.75 Å². The summed E-state index contributed by atoms with van der Waals surface area (Å²) < 4.78 is 6.78. The van der Waals surface area contributed by atoms with E-state index in [2.05, 4.69) is 18.4 Å². The first-order chi connectivity index (χ1) is 7.17. The highest BCUT2D eigenvalue weighted by Gasteiger charge is 2.04. The number of allylic oxidation sites excluding steroid dienone is 1. The number of hydrogen-bond donors (Lipinski definition) is 0. The fraction of sp³-hybridized carbons (Fsp3) is 0.182. The zero-order chi connectivity index (χ0) is 11.3. The lowest BCUT2D eigenvalue weighted by atomic mass is 10.3. The van der Waals surface area contributed by atoms with E-state index < -0.39 is 0 Å². The molecule has 1 aromatic carbocycles. The molecule has 0 unspecified atom stereocenters. The maximum Gasteiger partial charge on any atom is 0.119 e. The molecule has 0 bridgehead atoms. The Morgan fingerprint density at radius 2 is 2.00 bits per heavy atom. The molecule has 0 atom stereocenters. The van der Waals surface area contributed by atoms with Crippen molar-refractivity contribution in [2.45, 2.75) is 6.92 Å². The summed E-state index contributed by atoms with van der Waals surface area (Å²) in [7, 11) is 1.64. The van der Waals surface area contributed by atoms with Gasteiger partial charge in [0.2, 0.25) is 0 Å². The highest BCUT2D eigenvalue weighted by atomic mass is 32.2.